The van der Waals surface area contributed by atoms with Crippen LogP contribution in [-0.2, 0) is 0 Å². The molecule has 0 saturated heterocycles. The first-order chi connectivity index (χ1) is 11.2. The Balaban J connectivity index is 1.95. The lowest BCUT2D eigenvalue weighted by molar-refractivity contribution is 0.355. The Labute approximate surface area is 133 Å². The quantitative estimate of drug-likeness (QED) is 0.719. The van der Waals surface area contributed by atoms with E-state index in [1.54, 1.807) is 33.5 Å². The molecule has 1 aromatic heterocycles. The van der Waals surface area contributed by atoms with Gasteiger partial charge in [0, 0.05) is 11.1 Å². The van der Waals surface area contributed by atoms with Crippen LogP contribution in [0.5, 0.6) is 17.2 Å². The minimum atomic E-state index is 0.425. The van der Waals surface area contributed by atoms with Gasteiger partial charge >= 0.3 is 0 Å². The standard InChI is InChI=1S/C17H16N2O4/c1-20-13-6-4-5-12(9-13)17-18-16(19-23-17)11-7-8-14(21-2)15(10-11)22-3/h4-10H,1-3H3. The van der Waals surface area contributed by atoms with Gasteiger partial charge in [0.15, 0.2) is 11.5 Å². The van der Waals surface area contributed by atoms with E-state index in [0.717, 1.165) is 16.9 Å². The summed E-state index contributed by atoms with van der Waals surface area (Å²) in [6.07, 6.45) is 0. The Morgan fingerprint density at radius 3 is 2.39 bits per heavy atom. The van der Waals surface area contributed by atoms with E-state index < -0.39 is 0 Å². The van der Waals surface area contributed by atoms with Crippen molar-refractivity contribution in [1.29, 1.82) is 0 Å². The van der Waals surface area contributed by atoms with E-state index in [1.165, 1.54) is 0 Å². The maximum Gasteiger partial charge on any atom is 0.258 e. The van der Waals surface area contributed by atoms with Crippen LogP contribution in [0.15, 0.2) is 47.0 Å². The van der Waals surface area contributed by atoms with E-state index in [2.05, 4.69) is 10.1 Å². The number of methoxy groups -OCH3 is 3. The third-order valence-corrected chi connectivity index (χ3v) is 3.38. The van der Waals surface area contributed by atoms with Crippen molar-refractivity contribution >= 4 is 0 Å². The number of hydrogen-bond donors (Lipinski definition) is 0. The molecule has 0 bridgehead atoms. The van der Waals surface area contributed by atoms with Gasteiger partial charge in [-0.25, -0.2) is 0 Å². The first kappa shape index (κ1) is 14.9. The summed E-state index contributed by atoms with van der Waals surface area (Å²) < 4.78 is 21.1. The molecule has 0 aliphatic heterocycles. The fourth-order valence-corrected chi connectivity index (χ4v) is 2.19. The van der Waals surface area contributed by atoms with Gasteiger partial charge in [-0.1, -0.05) is 11.2 Å². The predicted molar refractivity (Wildman–Crippen MR) is 84.8 cm³/mol. The van der Waals surface area contributed by atoms with Crippen molar-refractivity contribution in [2.75, 3.05) is 21.3 Å². The zero-order chi connectivity index (χ0) is 16.2. The maximum absolute atomic E-state index is 5.35. The average molecular weight is 312 g/mol. The van der Waals surface area contributed by atoms with Crippen LogP contribution >= 0.6 is 0 Å². The molecule has 0 amide bonds. The van der Waals surface area contributed by atoms with Crippen LogP contribution in [0.1, 0.15) is 0 Å². The molecule has 118 valence electrons. The molecule has 0 saturated carbocycles. The zero-order valence-corrected chi connectivity index (χ0v) is 13.1. The molecule has 23 heavy (non-hydrogen) atoms. The monoisotopic (exact) mass is 312 g/mol. The predicted octanol–water partition coefficient (Wildman–Crippen LogP) is 3.43. The van der Waals surface area contributed by atoms with Gasteiger partial charge in [0.05, 0.1) is 21.3 Å². The van der Waals surface area contributed by atoms with Crippen LogP contribution < -0.4 is 14.2 Å². The molecule has 0 atom stereocenters. The summed E-state index contributed by atoms with van der Waals surface area (Å²) in [5, 5.41) is 4.03. The average Bonchev–Trinajstić information content (AvgIpc) is 3.11. The highest BCUT2D eigenvalue weighted by Crippen LogP contribution is 2.32. The van der Waals surface area contributed by atoms with E-state index >= 15 is 0 Å². The third-order valence-electron chi connectivity index (χ3n) is 3.38. The minimum absolute atomic E-state index is 0.425. The summed E-state index contributed by atoms with van der Waals surface area (Å²) in [6.45, 7) is 0. The summed E-state index contributed by atoms with van der Waals surface area (Å²) in [5.41, 5.74) is 1.57. The molecule has 0 aliphatic rings. The molecule has 3 rings (SSSR count). The molecular weight excluding hydrogens is 296 g/mol. The lowest BCUT2D eigenvalue weighted by atomic mass is 10.2. The lowest BCUT2D eigenvalue weighted by Gasteiger charge is -2.07. The second kappa shape index (κ2) is 6.39. The molecule has 0 N–H and O–H groups in total. The van der Waals surface area contributed by atoms with E-state index in [4.69, 9.17) is 18.7 Å². The largest absolute Gasteiger partial charge is 0.497 e. The smallest absolute Gasteiger partial charge is 0.258 e. The fourth-order valence-electron chi connectivity index (χ4n) is 2.19. The van der Waals surface area contributed by atoms with Gasteiger partial charge in [-0.2, -0.15) is 4.98 Å². The van der Waals surface area contributed by atoms with Gasteiger partial charge in [-0.3, -0.25) is 0 Å². The summed E-state index contributed by atoms with van der Waals surface area (Å²) >= 11 is 0. The highest BCUT2D eigenvalue weighted by atomic mass is 16.5. The number of rotatable bonds is 5. The maximum atomic E-state index is 5.35. The summed E-state index contributed by atoms with van der Waals surface area (Å²) in [5.74, 6) is 2.89. The van der Waals surface area contributed by atoms with Crippen molar-refractivity contribution in [3.63, 3.8) is 0 Å². The van der Waals surface area contributed by atoms with Gasteiger partial charge in [-0.15, -0.1) is 0 Å². The van der Waals surface area contributed by atoms with E-state index in [1.807, 2.05) is 30.3 Å². The Bertz CT molecular complexity index is 814. The Morgan fingerprint density at radius 2 is 1.65 bits per heavy atom. The molecule has 1 heterocycles. The van der Waals surface area contributed by atoms with Crippen molar-refractivity contribution in [2.45, 2.75) is 0 Å². The highest BCUT2D eigenvalue weighted by molar-refractivity contribution is 5.64. The molecule has 0 radical (unpaired) electrons. The summed E-state index contributed by atoms with van der Waals surface area (Å²) in [7, 11) is 4.79. The Hall–Kier alpha value is -3.02. The number of aromatic nitrogens is 2. The minimum Gasteiger partial charge on any atom is -0.497 e. The normalized spacial score (nSPS) is 10.4. The molecule has 2 aromatic carbocycles. The zero-order valence-electron chi connectivity index (χ0n) is 13.1. The van der Waals surface area contributed by atoms with Crippen molar-refractivity contribution in [3.05, 3.63) is 42.5 Å². The van der Waals surface area contributed by atoms with Crippen molar-refractivity contribution < 1.29 is 18.7 Å². The van der Waals surface area contributed by atoms with Gasteiger partial charge in [0.2, 0.25) is 5.82 Å². The molecule has 0 unspecified atom stereocenters. The number of benzene rings is 2. The number of nitrogens with zero attached hydrogens (tertiary/aromatic N) is 2. The second-order valence-corrected chi connectivity index (χ2v) is 4.72. The topological polar surface area (TPSA) is 66.6 Å². The third kappa shape index (κ3) is 2.96. The van der Waals surface area contributed by atoms with Crippen LogP contribution in [0, 0.1) is 0 Å². The van der Waals surface area contributed by atoms with Gasteiger partial charge in [0.1, 0.15) is 5.75 Å². The van der Waals surface area contributed by atoms with Crippen molar-refractivity contribution in [2.24, 2.45) is 0 Å². The van der Waals surface area contributed by atoms with E-state index in [0.29, 0.717) is 23.2 Å². The SMILES string of the molecule is COc1cccc(-c2nc(-c3ccc(OC)c(OC)c3)no2)c1. The molecule has 6 nitrogen and oxygen atoms in total. The van der Waals surface area contributed by atoms with Crippen LogP contribution in [0.4, 0.5) is 0 Å². The van der Waals surface area contributed by atoms with Crippen LogP contribution in [0.2, 0.25) is 0 Å². The van der Waals surface area contributed by atoms with Gasteiger partial charge < -0.3 is 18.7 Å². The van der Waals surface area contributed by atoms with E-state index in [-0.39, 0.29) is 0 Å². The van der Waals surface area contributed by atoms with Crippen molar-refractivity contribution in [1.82, 2.24) is 10.1 Å². The molecule has 0 spiro atoms. The Kier molecular flexibility index (Phi) is 4.14. The van der Waals surface area contributed by atoms with Crippen LogP contribution in [-0.4, -0.2) is 31.5 Å². The molecule has 6 heteroatoms. The first-order valence-corrected chi connectivity index (χ1v) is 6.95. The Morgan fingerprint density at radius 1 is 0.826 bits per heavy atom. The van der Waals surface area contributed by atoms with Gasteiger partial charge in [-0.05, 0) is 36.4 Å². The fraction of sp³-hybridized carbons (Fsp3) is 0.176. The summed E-state index contributed by atoms with van der Waals surface area (Å²) in [4.78, 5) is 4.43. The number of ether oxygens (including phenoxy) is 3. The highest BCUT2D eigenvalue weighted by Gasteiger charge is 2.13. The molecule has 0 aliphatic carbocycles. The summed E-state index contributed by atoms with van der Waals surface area (Å²) in [6, 6.07) is 12.9. The molecule has 0 fully saturated rings. The van der Waals surface area contributed by atoms with Crippen molar-refractivity contribution in [3.8, 4) is 40.1 Å². The van der Waals surface area contributed by atoms with Gasteiger partial charge in [0.25, 0.3) is 5.89 Å². The van der Waals surface area contributed by atoms with E-state index in [9.17, 15) is 0 Å². The van der Waals surface area contributed by atoms with Crippen LogP contribution in [0.25, 0.3) is 22.8 Å². The lowest BCUT2D eigenvalue weighted by Crippen LogP contribution is -1.91. The second-order valence-electron chi connectivity index (χ2n) is 4.72. The van der Waals surface area contributed by atoms with Crippen LogP contribution in [0.3, 0.4) is 0 Å². The molecule has 3 aromatic rings. The number of hydrogen-bond acceptors (Lipinski definition) is 6. The first-order valence-electron chi connectivity index (χ1n) is 6.95. The molecular formula is C17H16N2O4.